The van der Waals surface area contributed by atoms with E-state index >= 15 is 0 Å². The van der Waals surface area contributed by atoms with Gasteiger partial charge in [-0.05, 0) is 24.5 Å². The zero-order chi connectivity index (χ0) is 15.1. The first-order chi connectivity index (χ1) is 9.42. The third kappa shape index (κ3) is 5.26. The highest BCUT2D eigenvalue weighted by atomic mass is 16.4. The van der Waals surface area contributed by atoms with Gasteiger partial charge >= 0.3 is 5.97 Å². The highest BCUT2D eigenvalue weighted by Gasteiger charge is 2.09. The van der Waals surface area contributed by atoms with Crippen LogP contribution in [0.15, 0.2) is 12.1 Å². The molecule has 0 aliphatic carbocycles. The molecule has 6 nitrogen and oxygen atoms in total. The molecule has 0 radical (unpaired) electrons. The SMILES string of the molecule is CCc1cc(C(=O)O)cc(NCC(=O)NCC(C)C)n1. The molecule has 1 heterocycles. The number of aromatic carboxylic acids is 1. The molecular formula is C14H21N3O3. The summed E-state index contributed by atoms with van der Waals surface area (Å²) in [7, 11) is 0. The number of amides is 1. The highest BCUT2D eigenvalue weighted by molar-refractivity contribution is 5.89. The number of nitrogens with zero attached hydrogens (tertiary/aromatic N) is 1. The van der Waals surface area contributed by atoms with Gasteiger partial charge in [0.25, 0.3) is 0 Å². The van der Waals surface area contributed by atoms with Crippen LogP contribution >= 0.6 is 0 Å². The van der Waals surface area contributed by atoms with Gasteiger partial charge in [-0.3, -0.25) is 4.79 Å². The molecule has 1 amide bonds. The molecule has 0 aliphatic heterocycles. The molecule has 0 saturated carbocycles. The van der Waals surface area contributed by atoms with Crippen molar-refractivity contribution < 1.29 is 14.7 Å². The van der Waals surface area contributed by atoms with E-state index in [1.807, 2.05) is 20.8 Å². The maximum absolute atomic E-state index is 11.6. The van der Waals surface area contributed by atoms with Gasteiger partial charge in [0.05, 0.1) is 12.1 Å². The predicted octanol–water partition coefficient (Wildman–Crippen LogP) is 1.53. The Morgan fingerprint density at radius 3 is 2.60 bits per heavy atom. The Morgan fingerprint density at radius 1 is 1.35 bits per heavy atom. The van der Waals surface area contributed by atoms with E-state index in [0.29, 0.717) is 30.4 Å². The van der Waals surface area contributed by atoms with Crippen LogP contribution in [0.4, 0.5) is 5.82 Å². The summed E-state index contributed by atoms with van der Waals surface area (Å²) < 4.78 is 0. The van der Waals surface area contributed by atoms with E-state index in [-0.39, 0.29) is 18.0 Å². The molecule has 0 fully saturated rings. The van der Waals surface area contributed by atoms with E-state index in [9.17, 15) is 9.59 Å². The number of pyridine rings is 1. The molecule has 0 unspecified atom stereocenters. The third-order valence-electron chi connectivity index (χ3n) is 2.63. The molecule has 0 spiro atoms. The van der Waals surface area contributed by atoms with Gasteiger partial charge in [-0.15, -0.1) is 0 Å². The number of rotatable bonds is 7. The lowest BCUT2D eigenvalue weighted by atomic mass is 10.2. The van der Waals surface area contributed by atoms with Crippen LogP contribution in [0.5, 0.6) is 0 Å². The van der Waals surface area contributed by atoms with E-state index < -0.39 is 5.97 Å². The Labute approximate surface area is 118 Å². The van der Waals surface area contributed by atoms with E-state index in [1.54, 1.807) is 0 Å². The first-order valence-electron chi connectivity index (χ1n) is 6.67. The molecule has 0 aliphatic rings. The molecule has 20 heavy (non-hydrogen) atoms. The summed E-state index contributed by atoms with van der Waals surface area (Å²) >= 11 is 0. The van der Waals surface area contributed by atoms with Gasteiger partial charge in [0, 0.05) is 12.2 Å². The predicted molar refractivity (Wildman–Crippen MR) is 76.9 cm³/mol. The van der Waals surface area contributed by atoms with Gasteiger partial charge in [0.1, 0.15) is 5.82 Å². The minimum Gasteiger partial charge on any atom is -0.478 e. The molecule has 0 saturated heterocycles. The molecule has 1 rings (SSSR count). The topological polar surface area (TPSA) is 91.3 Å². The number of anilines is 1. The summed E-state index contributed by atoms with van der Waals surface area (Å²) in [5.41, 5.74) is 0.844. The fourth-order valence-electron chi connectivity index (χ4n) is 1.53. The minimum atomic E-state index is -1.01. The summed E-state index contributed by atoms with van der Waals surface area (Å²) in [6.45, 7) is 6.61. The smallest absolute Gasteiger partial charge is 0.335 e. The van der Waals surface area contributed by atoms with Crippen molar-refractivity contribution in [2.75, 3.05) is 18.4 Å². The monoisotopic (exact) mass is 279 g/mol. The minimum absolute atomic E-state index is 0.0753. The Kier molecular flexibility index (Phi) is 5.96. The summed E-state index contributed by atoms with van der Waals surface area (Å²) in [6.07, 6.45) is 0.634. The number of carboxylic acids is 1. The van der Waals surface area contributed by atoms with Crippen molar-refractivity contribution in [2.24, 2.45) is 5.92 Å². The lowest BCUT2D eigenvalue weighted by Gasteiger charge is -2.10. The first kappa shape index (κ1) is 15.9. The van der Waals surface area contributed by atoms with Crippen molar-refractivity contribution in [3.63, 3.8) is 0 Å². The van der Waals surface area contributed by atoms with E-state index in [2.05, 4.69) is 15.6 Å². The molecular weight excluding hydrogens is 258 g/mol. The van der Waals surface area contributed by atoms with E-state index in [0.717, 1.165) is 0 Å². The molecule has 1 aromatic heterocycles. The van der Waals surface area contributed by atoms with Crippen molar-refractivity contribution in [1.82, 2.24) is 10.3 Å². The highest BCUT2D eigenvalue weighted by Crippen LogP contribution is 2.11. The van der Waals surface area contributed by atoms with Gasteiger partial charge in [0.2, 0.25) is 5.91 Å². The van der Waals surface area contributed by atoms with Gasteiger partial charge in [-0.2, -0.15) is 0 Å². The van der Waals surface area contributed by atoms with Crippen LogP contribution in [0, 0.1) is 5.92 Å². The van der Waals surface area contributed by atoms with Crippen LogP contribution in [0.25, 0.3) is 0 Å². The maximum Gasteiger partial charge on any atom is 0.335 e. The van der Waals surface area contributed by atoms with Crippen LogP contribution in [0.1, 0.15) is 36.8 Å². The molecule has 6 heteroatoms. The van der Waals surface area contributed by atoms with Crippen LogP contribution < -0.4 is 10.6 Å². The first-order valence-corrected chi connectivity index (χ1v) is 6.67. The van der Waals surface area contributed by atoms with Crippen LogP contribution in [-0.4, -0.2) is 35.1 Å². The fraction of sp³-hybridized carbons (Fsp3) is 0.500. The second kappa shape index (κ2) is 7.47. The van der Waals surface area contributed by atoms with Crippen molar-refractivity contribution in [3.8, 4) is 0 Å². The lowest BCUT2D eigenvalue weighted by molar-refractivity contribution is -0.119. The fourth-order valence-corrected chi connectivity index (χ4v) is 1.53. The average molecular weight is 279 g/mol. The molecule has 0 aromatic carbocycles. The average Bonchev–Trinajstić information content (AvgIpc) is 2.42. The van der Waals surface area contributed by atoms with Gasteiger partial charge < -0.3 is 15.7 Å². The lowest BCUT2D eigenvalue weighted by Crippen LogP contribution is -2.32. The zero-order valence-electron chi connectivity index (χ0n) is 12.1. The summed E-state index contributed by atoms with van der Waals surface area (Å²) in [5, 5.41) is 14.6. The van der Waals surface area contributed by atoms with Crippen molar-refractivity contribution >= 4 is 17.7 Å². The Bertz CT molecular complexity index is 487. The van der Waals surface area contributed by atoms with Gasteiger partial charge in [-0.1, -0.05) is 20.8 Å². The van der Waals surface area contributed by atoms with Crippen molar-refractivity contribution in [1.29, 1.82) is 0 Å². The van der Waals surface area contributed by atoms with Gasteiger partial charge in [0.15, 0.2) is 0 Å². The molecule has 1 aromatic rings. The number of aryl methyl sites for hydroxylation is 1. The number of carbonyl (C=O) groups excluding carboxylic acids is 1. The standard InChI is InChI=1S/C14H21N3O3/c1-4-11-5-10(14(19)20)6-12(17-11)15-8-13(18)16-7-9(2)3/h5-6,9H,4,7-8H2,1-3H3,(H,15,17)(H,16,18)(H,19,20). The molecule has 3 N–H and O–H groups in total. The van der Waals surface area contributed by atoms with Crippen LogP contribution in [-0.2, 0) is 11.2 Å². The number of carbonyl (C=O) groups is 2. The Balaban J connectivity index is 2.65. The summed E-state index contributed by atoms with van der Waals surface area (Å²) in [4.78, 5) is 26.8. The molecule has 0 bridgehead atoms. The largest absolute Gasteiger partial charge is 0.478 e. The summed E-state index contributed by atoms with van der Waals surface area (Å²) in [6, 6.07) is 2.96. The maximum atomic E-state index is 11.6. The number of hydrogen-bond donors (Lipinski definition) is 3. The quantitative estimate of drug-likeness (QED) is 0.704. The number of hydrogen-bond acceptors (Lipinski definition) is 4. The Hall–Kier alpha value is -2.11. The van der Waals surface area contributed by atoms with Crippen LogP contribution in [0.3, 0.4) is 0 Å². The zero-order valence-corrected chi connectivity index (χ0v) is 12.1. The number of carboxylic acid groups (broad SMARTS) is 1. The second-order valence-corrected chi connectivity index (χ2v) is 4.94. The van der Waals surface area contributed by atoms with E-state index in [4.69, 9.17) is 5.11 Å². The Morgan fingerprint density at radius 2 is 2.05 bits per heavy atom. The van der Waals surface area contributed by atoms with Crippen LogP contribution in [0.2, 0.25) is 0 Å². The second-order valence-electron chi connectivity index (χ2n) is 4.94. The number of nitrogens with one attached hydrogen (secondary N) is 2. The normalized spacial score (nSPS) is 10.4. The third-order valence-corrected chi connectivity index (χ3v) is 2.63. The molecule has 110 valence electrons. The summed E-state index contributed by atoms with van der Waals surface area (Å²) in [5.74, 6) is -0.353. The number of aromatic nitrogens is 1. The van der Waals surface area contributed by atoms with Gasteiger partial charge in [-0.25, -0.2) is 9.78 Å². The van der Waals surface area contributed by atoms with E-state index in [1.165, 1.54) is 12.1 Å². The van der Waals surface area contributed by atoms with Crippen molar-refractivity contribution in [2.45, 2.75) is 27.2 Å². The van der Waals surface area contributed by atoms with Crippen molar-refractivity contribution in [3.05, 3.63) is 23.4 Å². The molecule has 0 atom stereocenters.